The van der Waals surface area contributed by atoms with Crippen LogP contribution in [0, 0.1) is 0 Å². The molecular formula is C10H9ClN4O2S. The second-order valence-electron chi connectivity index (χ2n) is 3.24. The highest BCUT2D eigenvalue weighted by Gasteiger charge is 2.14. The first-order valence-electron chi connectivity index (χ1n) is 4.84. The third kappa shape index (κ3) is 2.69. The average Bonchev–Trinajstić information content (AvgIpc) is 2.76. The largest absolute Gasteiger partial charge is 0.495 e. The van der Waals surface area contributed by atoms with Gasteiger partial charge in [0.05, 0.1) is 12.8 Å². The molecule has 0 aliphatic carbocycles. The van der Waals surface area contributed by atoms with Crippen LogP contribution in [0.3, 0.4) is 0 Å². The van der Waals surface area contributed by atoms with E-state index in [4.69, 9.17) is 22.1 Å². The topological polar surface area (TPSA) is 90.1 Å². The number of hydrogen-bond donors (Lipinski definition) is 2. The van der Waals surface area contributed by atoms with E-state index in [-0.39, 0.29) is 10.1 Å². The van der Waals surface area contributed by atoms with Crippen LogP contribution in [0.5, 0.6) is 5.75 Å². The van der Waals surface area contributed by atoms with E-state index in [1.54, 1.807) is 18.2 Å². The van der Waals surface area contributed by atoms with E-state index in [1.165, 1.54) is 7.11 Å². The van der Waals surface area contributed by atoms with E-state index in [9.17, 15) is 4.79 Å². The molecule has 6 nitrogen and oxygen atoms in total. The maximum absolute atomic E-state index is 11.8. The van der Waals surface area contributed by atoms with E-state index in [0.717, 1.165) is 11.3 Å². The van der Waals surface area contributed by atoms with Crippen molar-refractivity contribution in [3.8, 4) is 5.75 Å². The predicted octanol–water partition coefficient (Wildman–Crippen LogP) is 2.03. The second kappa shape index (κ2) is 5.19. The van der Waals surface area contributed by atoms with Crippen LogP contribution in [0.15, 0.2) is 18.2 Å². The Bertz CT molecular complexity index is 587. The van der Waals surface area contributed by atoms with E-state index in [2.05, 4.69) is 15.5 Å². The number of aromatic nitrogens is 2. The van der Waals surface area contributed by atoms with E-state index < -0.39 is 5.91 Å². The zero-order valence-corrected chi connectivity index (χ0v) is 10.9. The highest BCUT2D eigenvalue weighted by atomic mass is 35.5. The molecule has 2 aromatic rings. The lowest BCUT2D eigenvalue weighted by Gasteiger charge is -2.09. The van der Waals surface area contributed by atoms with Crippen molar-refractivity contribution < 1.29 is 9.53 Å². The Kier molecular flexibility index (Phi) is 3.63. The predicted molar refractivity (Wildman–Crippen MR) is 70.3 cm³/mol. The molecular weight excluding hydrogens is 276 g/mol. The molecule has 0 unspecified atom stereocenters. The number of nitrogens with two attached hydrogens (primary N) is 1. The number of hydrogen-bond acceptors (Lipinski definition) is 6. The number of nitrogens with one attached hydrogen (secondary N) is 1. The number of nitrogen functional groups attached to an aromatic ring is 1. The van der Waals surface area contributed by atoms with Gasteiger partial charge in [-0.15, -0.1) is 10.2 Å². The molecule has 1 aromatic heterocycles. The Morgan fingerprint density at radius 2 is 2.28 bits per heavy atom. The van der Waals surface area contributed by atoms with Gasteiger partial charge in [0.25, 0.3) is 5.91 Å². The lowest BCUT2D eigenvalue weighted by atomic mass is 10.3. The van der Waals surface area contributed by atoms with Crippen molar-refractivity contribution in [3.63, 3.8) is 0 Å². The first kappa shape index (κ1) is 12.6. The van der Waals surface area contributed by atoms with Crippen LogP contribution in [0.1, 0.15) is 9.80 Å². The molecule has 0 spiro atoms. The lowest BCUT2D eigenvalue weighted by molar-refractivity contribution is 0.102. The lowest BCUT2D eigenvalue weighted by Crippen LogP contribution is -2.12. The highest BCUT2D eigenvalue weighted by molar-refractivity contribution is 7.16. The molecule has 3 N–H and O–H groups in total. The minimum absolute atomic E-state index is 0.175. The summed E-state index contributed by atoms with van der Waals surface area (Å²) < 4.78 is 5.11. The van der Waals surface area contributed by atoms with E-state index >= 15 is 0 Å². The monoisotopic (exact) mass is 284 g/mol. The van der Waals surface area contributed by atoms with Crippen LogP contribution in [0.2, 0.25) is 5.02 Å². The Hall–Kier alpha value is -1.86. The number of nitrogens with zero attached hydrogens (tertiary/aromatic N) is 2. The maximum Gasteiger partial charge on any atom is 0.286 e. The van der Waals surface area contributed by atoms with Crippen LogP contribution in [-0.4, -0.2) is 23.2 Å². The maximum atomic E-state index is 11.8. The van der Waals surface area contributed by atoms with E-state index in [0.29, 0.717) is 16.5 Å². The number of halogens is 1. The summed E-state index contributed by atoms with van der Waals surface area (Å²) in [5.41, 5.74) is 5.87. The number of rotatable bonds is 3. The van der Waals surface area contributed by atoms with Gasteiger partial charge in [0.2, 0.25) is 10.1 Å². The standard InChI is InChI=1S/C10H9ClN4O2S/c1-17-7-3-2-5(11)4-6(7)13-8(16)9-14-15-10(12)18-9/h2-4H,1H3,(H2,12,15)(H,13,16). The summed E-state index contributed by atoms with van der Waals surface area (Å²) >= 11 is 6.86. The molecule has 0 fully saturated rings. The molecule has 0 bridgehead atoms. The first-order valence-corrected chi connectivity index (χ1v) is 6.03. The Balaban J connectivity index is 2.23. The molecule has 0 aliphatic heterocycles. The minimum Gasteiger partial charge on any atom is -0.495 e. The SMILES string of the molecule is COc1ccc(Cl)cc1NC(=O)c1nnc(N)s1. The van der Waals surface area contributed by atoms with E-state index in [1.807, 2.05) is 0 Å². The van der Waals surface area contributed by atoms with Gasteiger partial charge in [-0.3, -0.25) is 4.79 Å². The molecule has 18 heavy (non-hydrogen) atoms. The third-order valence-corrected chi connectivity index (χ3v) is 3.03. The quantitative estimate of drug-likeness (QED) is 0.900. The summed E-state index contributed by atoms with van der Waals surface area (Å²) in [6, 6.07) is 4.91. The molecule has 0 aliphatic rings. The molecule has 1 aromatic carbocycles. The van der Waals surface area contributed by atoms with Crippen LogP contribution >= 0.6 is 22.9 Å². The van der Waals surface area contributed by atoms with Crippen molar-refractivity contribution >= 4 is 39.7 Å². The highest BCUT2D eigenvalue weighted by Crippen LogP contribution is 2.28. The summed E-state index contributed by atoms with van der Waals surface area (Å²) in [6.45, 7) is 0. The Morgan fingerprint density at radius 3 is 2.89 bits per heavy atom. The summed E-state index contributed by atoms with van der Waals surface area (Å²) in [7, 11) is 1.50. The van der Waals surface area contributed by atoms with Crippen molar-refractivity contribution in [2.24, 2.45) is 0 Å². The van der Waals surface area contributed by atoms with Crippen molar-refractivity contribution in [2.75, 3.05) is 18.2 Å². The molecule has 2 rings (SSSR count). The zero-order chi connectivity index (χ0) is 13.1. The number of ether oxygens (including phenoxy) is 1. The molecule has 94 valence electrons. The van der Waals surface area contributed by atoms with Gasteiger partial charge in [0.1, 0.15) is 5.75 Å². The number of benzene rings is 1. The summed E-state index contributed by atoms with van der Waals surface area (Å²) in [4.78, 5) is 11.8. The van der Waals surface area contributed by atoms with Crippen molar-refractivity contribution in [3.05, 3.63) is 28.2 Å². The first-order chi connectivity index (χ1) is 8.60. The molecule has 1 amide bonds. The fourth-order valence-electron chi connectivity index (χ4n) is 1.28. The van der Waals surface area contributed by atoms with Gasteiger partial charge in [0, 0.05) is 5.02 Å². The van der Waals surface area contributed by atoms with Gasteiger partial charge in [-0.05, 0) is 18.2 Å². The van der Waals surface area contributed by atoms with Crippen molar-refractivity contribution in [1.82, 2.24) is 10.2 Å². The molecule has 0 saturated carbocycles. The fourth-order valence-corrected chi connectivity index (χ4v) is 1.96. The van der Waals surface area contributed by atoms with Gasteiger partial charge in [-0.2, -0.15) is 0 Å². The van der Waals surface area contributed by atoms with Crippen LogP contribution < -0.4 is 15.8 Å². The summed E-state index contributed by atoms with van der Waals surface area (Å²) in [5.74, 6) is 0.0926. The number of methoxy groups -OCH3 is 1. The number of carbonyl (C=O) groups excluding carboxylic acids is 1. The Labute approximate surface area is 112 Å². The fraction of sp³-hybridized carbons (Fsp3) is 0.100. The third-order valence-electron chi connectivity index (χ3n) is 2.04. The van der Waals surface area contributed by atoms with Crippen LogP contribution in [0.4, 0.5) is 10.8 Å². The zero-order valence-electron chi connectivity index (χ0n) is 9.31. The van der Waals surface area contributed by atoms with Crippen molar-refractivity contribution in [2.45, 2.75) is 0 Å². The molecule has 1 heterocycles. The summed E-state index contributed by atoms with van der Waals surface area (Å²) in [5, 5.41) is 10.7. The van der Waals surface area contributed by atoms with Crippen LogP contribution in [0.25, 0.3) is 0 Å². The normalized spacial score (nSPS) is 10.1. The summed E-state index contributed by atoms with van der Waals surface area (Å²) in [6.07, 6.45) is 0. The average molecular weight is 285 g/mol. The Morgan fingerprint density at radius 1 is 1.50 bits per heavy atom. The van der Waals surface area contributed by atoms with Gasteiger partial charge in [-0.25, -0.2) is 0 Å². The van der Waals surface area contributed by atoms with Gasteiger partial charge in [-0.1, -0.05) is 22.9 Å². The molecule has 8 heteroatoms. The molecule has 0 atom stereocenters. The smallest absolute Gasteiger partial charge is 0.286 e. The van der Waals surface area contributed by atoms with Gasteiger partial charge >= 0.3 is 0 Å². The number of anilines is 2. The van der Waals surface area contributed by atoms with Gasteiger partial charge in [0.15, 0.2) is 0 Å². The van der Waals surface area contributed by atoms with Crippen molar-refractivity contribution in [1.29, 1.82) is 0 Å². The second-order valence-corrected chi connectivity index (χ2v) is 4.69. The number of carbonyl (C=O) groups is 1. The molecule has 0 radical (unpaired) electrons. The number of amides is 1. The minimum atomic E-state index is -0.412. The van der Waals surface area contributed by atoms with Gasteiger partial charge < -0.3 is 15.8 Å². The van der Waals surface area contributed by atoms with Crippen LogP contribution in [-0.2, 0) is 0 Å². The molecule has 0 saturated heterocycles.